The van der Waals surface area contributed by atoms with Crippen LogP contribution in [0, 0.1) is 0 Å². The Morgan fingerprint density at radius 1 is 1.39 bits per heavy atom. The van der Waals surface area contributed by atoms with Crippen molar-refractivity contribution in [2.75, 3.05) is 12.3 Å². The normalized spacial score (nSPS) is 17.3. The van der Waals surface area contributed by atoms with Crippen LogP contribution in [-0.4, -0.2) is 29.3 Å². The van der Waals surface area contributed by atoms with Crippen molar-refractivity contribution in [2.24, 2.45) is 5.73 Å². The molecule has 1 amide bonds. The Hall–Kier alpha value is -2.25. The van der Waals surface area contributed by atoms with Crippen LogP contribution in [-0.2, 0) is 0 Å². The van der Waals surface area contributed by atoms with E-state index in [0.717, 1.165) is 24.9 Å². The number of Topliss-reactive ketones (excluding diaryl/α,β-unsaturated/α-hetero) is 1. The van der Waals surface area contributed by atoms with Crippen LogP contribution in [0.3, 0.4) is 0 Å². The number of hydrogen-bond acceptors (Lipinski definition) is 6. The van der Waals surface area contributed by atoms with E-state index in [-0.39, 0.29) is 11.8 Å². The monoisotopic (exact) mass is 330 g/mol. The molecule has 0 radical (unpaired) electrons. The molecule has 7 heteroatoms. The van der Waals surface area contributed by atoms with Crippen LogP contribution >= 0.6 is 11.3 Å². The average molecular weight is 330 g/mol. The molecule has 1 saturated heterocycles. The van der Waals surface area contributed by atoms with E-state index in [2.05, 4.69) is 10.3 Å². The highest BCUT2D eigenvalue weighted by Crippen LogP contribution is 2.33. The second-order valence-corrected chi connectivity index (χ2v) is 6.63. The molecule has 0 spiro atoms. The summed E-state index contributed by atoms with van der Waals surface area (Å²) in [5.74, 6) is -0.538. The number of primary amides is 1. The molecular formula is C16H18N4O2S. The number of carbonyl (C=O) groups is 2. The van der Waals surface area contributed by atoms with E-state index in [4.69, 9.17) is 11.5 Å². The zero-order valence-corrected chi connectivity index (χ0v) is 13.4. The Kier molecular flexibility index (Phi) is 4.40. The zero-order valence-electron chi connectivity index (χ0n) is 12.5. The number of amides is 1. The van der Waals surface area contributed by atoms with Crippen LogP contribution in [0.1, 0.15) is 40.1 Å². The topological polar surface area (TPSA) is 111 Å². The average Bonchev–Trinajstić information content (AvgIpc) is 3.16. The first-order chi connectivity index (χ1) is 11.0. The van der Waals surface area contributed by atoms with E-state index in [0.29, 0.717) is 27.7 Å². The van der Waals surface area contributed by atoms with Gasteiger partial charge in [0.2, 0.25) is 5.91 Å². The summed E-state index contributed by atoms with van der Waals surface area (Å²) in [5, 5.41) is 3.65. The number of anilines is 1. The standard InChI is InChI=1S/C16H18N4O2S/c17-15(22)10-4-1-3-9(7-10)14-13(20-16(18)23-14)12(21)8-11-5-2-6-19-11/h1,3-4,7,11,19H,2,5-6,8H2,(H2,17,22)(H2,18,20). The number of ketones is 1. The summed E-state index contributed by atoms with van der Waals surface area (Å²) < 4.78 is 0. The quantitative estimate of drug-likeness (QED) is 0.724. The Balaban J connectivity index is 1.92. The van der Waals surface area contributed by atoms with Gasteiger partial charge < -0.3 is 16.8 Å². The van der Waals surface area contributed by atoms with E-state index in [1.807, 2.05) is 6.07 Å². The summed E-state index contributed by atoms with van der Waals surface area (Å²) in [4.78, 5) is 28.8. The molecule has 2 heterocycles. The number of aromatic nitrogens is 1. The number of nitrogens with zero attached hydrogens (tertiary/aromatic N) is 1. The fourth-order valence-electron chi connectivity index (χ4n) is 2.79. The number of hydrogen-bond donors (Lipinski definition) is 3. The third-order valence-electron chi connectivity index (χ3n) is 3.91. The first kappa shape index (κ1) is 15.6. The van der Waals surface area contributed by atoms with Gasteiger partial charge in [-0.05, 0) is 37.1 Å². The van der Waals surface area contributed by atoms with Gasteiger partial charge in [0.1, 0.15) is 5.69 Å². The fourth-order valence-corrected chi connectivity index (χ4v) is 3.63. The molecule has 1 unspecified atom stereocenters. The Morgan fingerprint density at radius 2 is 2.22 bits per heavy atom. The molecule has 3 rings (SSSR count). The lowest BCUT2D eigenvalue weighted by molar-refractivity contribution is 0.0966. The smallest absolute Gasteiger partial charge is 0.248 e. The maximum atomic E-state index is 12.6. The molecule has 1 atom stereocenters. The van der Waals surface area contributed by atoms with Crippen LogP contribution in [0.15, 0.2) is 24.3 Å². The number of nitrogens with two attached hydrogens (primary N) is 2. The maximum Gasteiger partial charge on any atom is 0.248 e. The molecule has 2 aromatic rings. The minimum atomic E-state index is -0.507. The molecule has 0 bridgehead atoms. The van der Waals surface area contributed by atoms with Gasteiger partial charge in [-0.2, -0.15) is 0 Å². The lowest BCUT2D eigenvalue weighted by Crippen LogP contribution is -2.24. The second kappa shape index (κ2) is 6.47. The molecule has 1 aromatic heterocycles. The van der Waals surface area contributed by atoms with Gasteiger partial charge in [-0.3, -0.25) is 9.59 Å². The van der Waals surface area contributed by atoms with Crippen molar-refractivity contribution >= 4 is 28.2 Å². The summed E-state index contributed by atoms with van der Waals surface area (Å²) >= 11 is 1.25. The van der Waals surface area contributed by atoms with Crippen LogP contribution in [0.5, 0.6) is 0 Å². The zero-order chi connectivity index (χ0) is 16.4. The van der Waals surface area contributed by atoms with Crippen molar-refractivity contribution < 1.29 is 9.59 Å². The van der Waals surface area contributed by atoms with Gasteiger partial charge in [0.15, 0.2) is 10.9 Å². The summed E-state index contributed by atoms with van der Waals surface area (Å²) in [6.45, 7) is 0.949. The summed E-state index contributed by atoms with van der Waals surface area (Å²) in [6, 6.07) is 7.07. The Morgan fingerprint density at radius 3 is 2.91 bits per heavy atom. The molecule has 1 aliphatic rings. The second-order valence-electron chi connectivity index (χ2n) is 5.60. The molecule has 5 N–H and O–H groups in total. The number of nitrogen functional groups attached to an aromatic ring is 1. The van der Waals surface area contributed by atoms with Gasteiger partial charge >= 0.3 is 0 Å². The lowest BCUT2D eigenvalue weighted by atomic mass is 10.0. The van der Waals surface area contributed by atoms with Gasteiger partial charge in [-0.1, -0.05) is 23.5 Å². The van der Waals surface area contributed by atoms with Gasteiger partial charge in [0.25, 0.3) is 0 Å². The molecule has 1 aliphatic heterocycles. The number of thiazole rings is 1. The summed E-state index contributed by atoms with van der Waals surface area (Å²) in [5.41, 5.74) is 12.6. The van der Waals surface area contributed by atoms with Crippen molar-refractivity contribution in [3.8, 4) is 10.4 Å². The predicted molar refractivity (Wildman–Crippen MR) is 90.5 cm³/mol. The van der Waals surface area contributed by atoms with Crippen LogP contribution in [0.4, 0.5) is 5.13 Å². The van der Waals surface area contributed by atoms with Crippen molar-refractivity contribution in [3.05, 3.63) is 35.5 Å². The number of carbonyl (C=O) groups excluding carboxylic acids is 2. The first-order valence-corrected chi connectivity index (χ1v) is 8.29. The van der Waals surface area contributed by atoms with Crippen molar-refractivity contribution in [1.29, 1.82) is 0 Å². The van der Waals surface area contributed by atoms with E-state index < -0.39 is 5.91 Å². The van der Waals surface area contributed by atoms with Crippen molar-refractivity contribution in [2.45, 2.75) is 25.3 Å². The first-order valence-electron chi connectivity index (χ1n) is 7.47. The van der Waals surface area contributed by atoms with Crippen LogP contribution < -0.4 is 16.8 Å². The highest BCUT2D eigenvalue weighted by atomic mass is 32.1. The third-order valence-corrected chi connectivity index (χ3v) is 4.84. The number of rotatable bonds is 5. The van der Waals surface area contributed by atoms with Gasteiger partial charge in [-0.15, -0.1) is 0 Å². The summed E-state index contributed by atoms with van der Waals surface area (Å²) in [6.07, 6.45) is 2.49. The van der Waals surface area contributed by atoms with E-state index in [1.54, 1.807) is 18.2 Å². The minimum absolute atomic E-state index is 0.0307. The minimum Gasteiger partial charge on any atom is -0.375 e. The van der Waals surface area contributed by atoms with Gasteiger partial charge in [0.05, 0.1) is 4.88 Å². The Labute approximate surface area is 137 Å². The van der Waals surface area contributed by atoms with Crippen molar-refractivity contribution in [3.63, 3.8) is 0 Å². The molecule has 23 heavy (non-hydrogen) atoms. The van der Waals surface area contributed by atoms with E-state index in [1.165, 1.54) is 11.3 Å². The van der Waals surface area contributed by atoms with Gasteiger partial charge in [-0.25, -0.2) is 4.98 Å². The molecule has 120 valence electrons. The van der Waals surface area contributed by atoms with E-state index >= 15 is 0 Å². The highest BCUT2D eigenvalue weighted by molar-refractivity contribution is 7.19. The fraction of sp³-hybridized carbons (Fsp3) is 0.312. The Bertz CT molecular complexity index is 750. The molecule has 1 fully saturated rings. The largest absolute Gasteiger partial charge is 0.375 e. The highest BCUT2D eigenvalue weighted by Gasteiger charge is 2.24. The molecule has 0 aliphatic carbocycles. The molecule has 0 saturated carbocycles. The van der Waals surface area contributed by atoms with Gasteiger partial charge in [0, 0.05) is 18.0 Å². The molecule has 1 aromatic carbocycles. The van der Waals surface area contributed by atoms with E-state index in [9.17, 15) is 9.59 Å². The van der Waals surface area contributed by atoms with Crippen LogP contribution in [0.2, 0.25) is 0 Å². The summed E-state index contributed by atoms with van der Waals surface area (Å²) in [7, 11) is 0. The molecular weight excluding hydrogens is 312 g/mol. The number of nitrogens with one attached hydrogen (secondary N) is 1. The third kappa shape index (κ3) is 3.40. The number of benzene rings is 1. The van der Waals surface area contributed by atoms with Crippen LogP contribution in [0.25, 0.3) is 10.4 Å². The predicted octanol–water partition coefficient (Wildman–Crippen LogP) is 1.82. The lowest BCUT2D eigenvalue weighted by Gasteiger charge is -2.09. The molecule has 6 nitrogen and oxygen atoms in total. The van der Waals surface area contributed by atoms with Crippen molar-refractivity contribution in [1.82, 2.24) is 10.3 Å². The SMILES string of the molecule is NC(=O)c1cccc(-c2sc(N)nc2C(=O)CC2CCCN2)c1. The maximum absolute atomic E-state index is 12.6.